The zero-order valence-corrected chi connectivity index (χ0v) is 12.4. The Bertz CT molecular complexity index is 440. The molecule has 0 saturated heterocycles. The number of ether oxygens (including phenoxy) is 1. The first-order valence-electron chi connectivity index (χ1n) is 7.40. The van der Waals surface area contributed by atoms with E-state index in [9.17, 15) is 4.79 Å². The molecule has 6 nitrogen and oxygen atoms in total. The summed E-state index contributed by atoms with van der Waals surface area (Å²) in [5.41, 5.74) is 2.43. The van der Waals surface area contributed by atoms with E-state index in [-0.39, 0.29) is 5.91 Å². The second-order valence-electron chi connectivity index (χ2n) is 4.97. The van der Waals surface area contributed by atoms with Crippen molar-refractivity contribution in [2.75, 3.05) is 32.8 Å². The topological polar surface area (TPSA) is 70.2 Å². The third kappa shape index (κ3) is 3.58. The molecule has 1 aliphatic rings. The molecule has 0 fully saturated rings. The molecule has 0 saturated carbocycles. The Morgan fingerprint density at radius 2 is 2.25 bits per heavy atom. The lowest BCUT2D eigenvalue weighted by Crippen LogP contribution is -2.30. The fourth-order valence-corrected chi connectivity index (χ4v) is 2.43. The molecule has 0 bridgehead atoms. The van der Waals surface area contributed by atoms with Crippen LogP contribution in [-0.2, 0) is 17.8 Å². The van der Waals surface area contributed by atoms with Gasteiger partial charge in [-0.05, 0) is 26.1 Å². The number of amides is 1. The van der Waals surface area contributed by atoms with Gasteiger partial charge in [0.15, 0.2) is 5.69 Å². The van der Waals surface area contributed by atoms with Crippen LogP contribution in [-0.4, -0.2) is 53.8 Å². The van der Waals surface area contributed by atoms with Gasteiger partial charge in [-0.25, -0.2) is 0 Å². The highest BCUT2D eigenvalue weighted by molar-refractivity contribution is 5.93. The zero-order chi connectivity index (χ0) is 14.4. The number of nitrogens with one attached hydrogen (secondary N) is 2. The molecule has 0 aliphatic carbocycles. The predicted molar refractivity (Wildman–Crippen MR) is 76.7 cm³/mol. The summed E-state index contributed by atoms with van der Waals surface area (Å²) in [6.45, 7) is 9.26. The Morgan fingerprint density at radius 1 is 1.45 bits per heavy atom. The number of hydrogen-bond donors (Lipinski definition) is 2. The van der Waals surface area contributed by atoms with Gasteiger partial charge in [-0.1, -0.05) is 13.8 Å². The van der Waals surface area contributed by atoms with Crippen molar-refractivity contribution in [1.82, 2.24) is 20.4 Å². The van der Waals surface area contributed by atoms with E-state index in [2.05, 4.69) is 34.3 Å². The first kappa shape index (κ1) is 15.0. The summed E-state index contributed by atoms with van der Waals surface area (Å²) in [5.74, 6) is -0.104. The highest BCUT2D eigenvalue weighted by Crippen LogP contribution is 2.17. The summed E-state index contributed by atoms with van der Waals surface area (Å²) in [5, 5.41) is 9.99. The van der Waals surface area contributed by atoms with Crippen molar-refractivity contribution in [3.05, 3.63) is 17.0 Å². The van der Waals surface area contributed by atoms with Gasteiger partial charge in [0.1, 0.15) is 0 Å². The number of aromatic amines is 1. The molecule has 112 valence electrons. The van der Waals surface area contributed by atoms with Crippen LogP contribution < -0.4 is 5.32 Å². The largest absolute Gasteiger partial charge is 0.376 e. The van der Waals surface area contributed by atoms with E-state index < -0.39 is 0 Å². The van der Waals surface area contributed by atoms with Crippen molar-refractivity contribution in [3.63, 3.8) is 0 Å². The second kappa shape index (κ2) is 7.40. The summed E-state index contributed by atoms with van der Waals surface area (Å²) in [7, 11) is 0. The summed E-state index contributed by atoms with van der Waals surface area (Å²) in [4.78, 5) is 14.4. The molecule has 20 heavy (non-hydrogen) atoms. The summed E-state index contributed by atoms with van der Waals surface area (Å²) >= 11 is 0. The fraction of sp³-hybridized carbons (Fsp3) is 0.714. The van der Waals surface area contributed by atoms with Crippen molar-refractivity contribution in [3.8, 4) is 0 Å². The Balaban J connectivity index is 1.79. The molecular weight excluding hydrogens is 256 g/mol. The predicted octanol–water partition coefficient (Wildman–Crippen LogP) is 0.944. The fourth-order valence-electron chi connectivity index (χ4n) is 2.43. The highest BCUT2D eigenvalue weighted by atomic mass is 16.5. The SMILES string of the molecule is CCN(CC)CCCNC(=O)c1n[nH]c2c1COCC2. The van der Waals surface area contributed by atoms with Crippen molar-refractivity contribution in [1.29, 1.82) is 0 Å². The van der Waals surface area contributed by atoms with Gasteiger partial charge in [0.2, 0.25) is 0 Å². The molecule has 0 unspecified atom stereocenters. The standard InChI is InChI=1S/C14H24N4O2/c1-3-18(4-2)8-5-7-15-14(19)13-11-10-20-9-6-12(11)16-17-13/h3-10H2,1-2H3,(H,15,19)(H,16,17). The molecule has 0 aromatic carbocycles. The lowest BCUT2D eigenvalue weighted by molar-refractivity contribution is 0.0923. The average Bonchev–Trinajstić information content (AvgIpc) is 2.91. The number of carbonyl (C=O) groups excluding carboxylic acids is 1. The van der Waals surface area contributed by atoms with Gasteiger partial charge in [-0.2, -0.15) is 5.10 Å². The number of rotatable bonds is 7. The van der Waals surface area contributed by atoms with Crippen molar-refractivity contribution >= 4 is 5.91 Å². The van der Waals surface area contributed by atoms with Gasteiger partial charge < -0.3 is 15.0 Å². The zero-order valence-electron chi connectivity index (χ0n) is 12.4. The maximum Gasteiger partial charge on any atom is 0.272 e. The number of nitrogens with zero attached hydrogens (tertiary/aromatic N) is 2. The van der Waals surface area contributed by atoms with Gasteiger partial charge in [-0.15, -0.1) is 0 Å². The minimum atomic E-state index is -0.104. The minimum absolute atomic E-state index is 0.104. The molecule has 2 heterocycles. The van der Waals surface area contributed by atoms with Crippen LogP contribution in [0.1, 0.15) is 42.0 Å². The quantitative estimate of drug-likeness (QED) is 0.729. The van der Waals surface area contributed by atoms with Crippen LogP contribution in [0.2, 0.25) is 0 Å². The van der Waals surface area contributed by atoms with Crippen LogP contribution in [0, 0.1) is 0 Å². The third-order valence-electron chi connectivity index (χ3n) is 3.74. The maximum atomic E-state index is 12.1. The van der Waals surface area contributed by atoms with E-state index in [1.807, 2.05) is 0 Å². The van der Waals surface area contributed by atoms with E-state index in [1.54, 1.807) is 0 Å². The van der Waals surface area contributed by atoms with Crippen LogP contribution in [0.25, 0.3) is 0 Å². The van der Waals surface area contributed by atoms with Gasteiger partial charge >= 0.3 is 0 Å². The van der Waals surface area contributed by atoms with Gasteiger partial charge in [0.05, 0.1) is 13.2 Å². The molecule has 1 amide bonds. The van der Waals surface area contributed by atoms with E-state index in [4.69, 9.17) is 4.74 Å². The molecule has 1 aliphatic heterocycles. The lowest BCUT2D eigenvalue weighted by Gasteiger charge is -2.17. The minimum Gasteiger partial charge on any atom is -0.376 e. The normalized spacial score (nSPS) is 14.3. The van der Waals surface area contributed by atoms with Crippen LogP contribution in [0.5, 0.6) is 0 Å². The van der Waals surface area contributed by atoms with Gasteiger partial charge in [0.25, 0.3) is 5.91 Å². The van der Waals surface area contributed by atoms with E-state index >= 15 is 0 Å². The number of aromatic nitrogens is 2. The number of carbonyl (C=O) groups is 1. The molecule has 2 N–H and O–H groups in total. The summed E-state index contributed by atoms with van der Waals surface area (Å²) in [6.07, 6.45) is 1.76. The van der Waals surface area contributed by atoms with Crippen LogP contribution in [0.15, 0.2) is 0 Å². The Kier molecular flexibility index (Phi) is 5.55. The van der Waals surface area contributed by atoms with E-state index in [1.165, 1.54) is 0 Å². The Labute approximate surface area is 119 Å². The molecule has 0 spiro atoms. The van der Waals surface area contributed by atoms with Crippen LogP contribution in [0.4, 0.5) is 0 Å². The van der Waals surface area contributed by atoms with Gasteiger partial charge in [0, 0.05) is 24.2 Å². The molecular formula is C14H24N4O2. The third-order valence-corrected chi connectivity index (χ3v) is 3.74. The molecule has 1 aromatic rings. The average molecular weight is 280 g/mol. The lowest BCUT2D eigenvalue weighted by atomic mass is 10.1. The summed E-state index contributed by atoms with van der Waals surface area (Å²) in [6, 6.07) is 0. The Hall–Kier alpha value is -1.40. The number of H-pyrrole nitrogens is 1. The molecule has 0 radical (unpaired) electrons. The van der Waals surface area contributed by atoms with Crippen molar-refractivity contribution in [2.45, 2.75) is 33.3 Å². The first-order chi connectivity index (χ1) is 9.76. The van der Waals surface area contributed by atoms with Gasteiger partial charge in [-0.3, -0.25) is 9.89 Å². The van der Waals surface area contributed by atoms with Crippen molar-refractivity contribution in [2.24, 2.45) is 0 Å². The summed E-state index contributed by atoms with van der Waals surface area (Å²) < 4.78 is 5.38. The van der Waals surface area contributed by atoms with Crippen LogP contribution in [0.3, 0.4) is 0 Å². The maximum absolute atomic E-state index is 12.1. The second-order valence-corrected chi connectivity index (χ2v) is 4.97. The number of hydrogen-bond acceptors (Lipinski definition) is 4. The smallest absolute Gasteiger partial charge is 0.272 e. The molecule has 2 rings (SSSR count). The van der Waals surface area contributed by atoms with Crippen LogP contribution >= 0.6 is 0 Å². The number of fused-ring (bicyclic) bond motifs is 1. The molecule has 0 atom stereocenters. The van der Waals surface area contributed by atoms with E-state index in [0.29, 0.717) is 25.5 Å². The molecule has 1 aromatic heterocycles. The van der Waals surface area contributed by atoms with Crippen molar-refractivity contribution < 1.29 is 9.53 Å². The highest BCUT2D eigenvalue weighted by Gasteiger charge is 2.21. The monoisotopic (exact) mass is 280 g/mol. The Morgan fingerprint density at radius 3 is 3.00 bits per heavy atom. The van der Waals surface area contributed by atoms with E-state index in [0.717, 1.165) is 43.7 Å². The first-order valence-corrected chi connectivity index (χ1v) is 7.40. The molecule has 6 heteroatoms.